The van der Waals surface area contributed by atoms with Crippen LogP contribution in [0.3, 0.4) is 0 Å². The lowest BCUT2D eigenvalue weighted by atomic mass is 10.1. The highest BCUT2D eigenvalue weighted by molar-refractivity contribution is 7.91. The van der Waals surface area contributed by atoms with Crippen molar-refractivity contribution in [2.75, 3.05) is 11.9 Å². The molecule has 1 unspecified atom stereocenters. The summed E-state index contributed by atoms with van der Waals surface area (Å²) in [7, 11) is -3.84. The van der Waals surface area contributed by atoms with Crippen LogP contribution >= 0.6 is 0 Å². The second-order valence-electron chi connectivity index (χ2n) is 7.19. The van der Waals surface area contributed by atoms with Crippen LogP contribution < -0.4 is 5.32 Å². The molecule has 0 aliphatic carbocycles. The fraction of sp³-hybridized carbons (Fsp3) is 0.136. The van der Waals surface area contributed by atoms with Crippen LogP contribution in [0.2, 0.25) is 0 Å². The van der Waals surface area contributed by atoms with Gasteiger partial charge in [0.1, 0.15) is 6.10 Å². The summed E-state index contributed by atoms with van der Waals surface area (Å²) in [4.78, 5) is 12.8. The molecule has 9 heteroatoms. The van der Waals surface area contributed by atoms with E-state index in [2.05, 4.69) is 5.32 Å². The molecule has 2 aliphatic rings. The number of anilines is 1. The van der Waals surface area contributed by atoms with Crippen LogP contribution in [0.1, 0.15) is 17.2 Å². The van der Waals surface area contributed by atoms with Crippen LogP contribution in [0.5, 0.6) is 0 Å². The average Bonchev–Trinajstić information content (AvgIpc) is 3.33. The van der Waals surface area contributed by atoms with Gasteiger partial charge < -0.3 is 14.8 Å². The maximum Gasteiger partial charge on any atom is 0.289 e. The number of hydrogen-bond donors (Lipinski definition) is 1. The largest absolute Gasteiger partial charge is 0.335 e. The maximum absolute atomic E-state index is 13.6. The van der Waals surface area contributed by atoms with Crippen molar-refractivity contribution in [1.29, 1.82) is 0 Å². The number of amides is 1. The van der Waals surface area contributed by atoms with Gasteiger partial charge in [0, 0.05) is 5.56 Å². The highest BCUT2D eigenvalue weighted by atomic mass is 32.2. The van der Waals surface area contributed by atoms with Gasteiger partial charge in [-0.25, -0.2) is 17.2 Å². The fourth-order valence-corrected chi connectivity index (χ4v) is 5.04. The lowest BCUT2D eigenvalue weighted by Crippen LogP contribution is -2.35. The molecule has 0 aromatic heterocycles. The van der Waals surface area contributed by atoms with Crippen LogP contribution in [-0.2, 0) is 29.9 Å². The van der Waals surface area contributed by atoms with Gasteiger partial charge >= 0.3 is 0 Å². The number of fused-ring (bicyclic) bond motifs is 2. The van der Waals surface area contributed by atoms with Gasteiger partial charge in [-0.15, -0.1) is 0 Å². The maximum atomic E-state index is 13.6. The Bertz CT molecular complexity index is 1310. The van der Waals surface area contributed by atoms with Gasteiger partial charge in [0.05, 0.1) is 22.1 Å². The molecule has 0 bridgehead atoms. The van der Waals surface area contributed by atoms with Crippen molar-refractivity contribution in [2.24, 2.45) is 0 Å². The number of benzene rings is 3. The fourth-order valence-electron chi connectivity index (χ4n) is 3.73. The van der Waals surface area contributed by atoms with E-state index in [1.54, 1.807) is 18.2 Å². The van der Waals surface area contributed by atoms with Gasteiger partial charge in [0.15, 0.2) is 11.6 Å². The molecular weight excluding hydrogens is 428 g/mol. The number of carbonyl (C=O) groups excluding carboxylic acids is 1. The van der Waals surface area contributed by atoms with Crippen molar-refractivity contribution < 1.29 is 31.5 Å². The zero-order valence-electron chi connectivity index (χ0n) is 15.8. The first-order valence-corrected chi connectivity index (χ1v) is 10.8. The number of rotatable bonds is 3. The molecule has 1 N–H and O–H groups in total. The molecule has 2 aliphatic heterocycles. The Morgan fingerprint density at radius 2 is 1.71 bits per heavy atom. The highest BCUT2D eigenvalue weighted by Gasteiger charge is 2.55. The predicted molar refractivity (Wildman–Crippen MR) is 105 cm³/mol. The summed E-state index contributed by atoms with van der Waals surface area (Å²) >= 11 is 0. The number of carbonyl (C=O) groups is 1. The smallest absolute Gasteiger partial charge is 0.289 e. The van der Waals surface area contributed by atoms with E-state index in [9.17, 15) is 22.0 Å². The van der Waals surface area contributed by atoms with Crippen molar-refractivity contribution in [1.82, 2.24) is 0 Å². The van der Waals surface area contributed by atoms with E-state index < -0.39 is 39.3 Å². The molecule has 2 heterocycles. The molecule has 0 radical (unpaired) electrons. The van der Waals surface area contributed by atoms with E-state index in [-0.39, 0.29) is 22.0 Å². The van der Waals surface area contributed by atoms with Crippen LogP contribution in [0, 0.1) is 11.6 Å². The topological polar surface area (TPSA) is 81.7 Å². The Hall–Kier alpha value is -3.14. The third-order valence-corrected chi connectivity index (χ3v) is 7.09. The molecule has 158 valence electrons. The van der Waals surface area contributed by atoms with E-state index in [1.165, 1.54) is 36.4 Å². The van der Waals surface area contributed by atoms with Gasteiger partial charge in [-0.3, -0.25) is 4.79 Å². The monoisotopic (exact) mass is 443 g/mol. The Kier molecular flexibility index (Phi) is 4.44. The minimum Gasteiger partial charge on any atom is -0.335 e. The number of sulfone groups is 1. The molecule has 3 aromatic rings. The van der Waals surface area contributed by atoms with Gasteiger partial charge in [0.25, 0.3) is 11.7 Å². The molecule has 2 atom stereocenters. The van der Waals surface area contributed by atoms with Crippen LogP contribution in [0.15, 0.2) is 76.5 Å². The normalized spacial score (nSPS) is 22.5. The molecular formula is C22H15F2NO5S. The number of hydrogen-bond acceptors (Lipinski definition) is 5. The predicted octanol–water partition coefficient (Wildman–Crippen LogP) is 3.69. The molecule has 3 aromatic carbocycles. The standard InChI is InChI=1S/C22H15F2NO5S/c23-17-8-6-13(10-18(17)24)20-12-29-22(30-20)16-11-15(7-9-19(16)25-21(22)26)31(27,28)14-4-2-1-3-5-14/h1-11,20H,12H2,(H,25,26)/t20?,22-/m1/s1. The first-order valence-electron chi connectivity index (χ1n) is 9.34. The zero-order chi connectivity index (χ0) is 21.8. The van der Waals surface area contributed by atoms with Crippen LogP contribution in [0.25, 0.3) is 0 Å². The lowest BCUT2D eigenvalue weighted by Gasteiger charge is -2.21. The summed E-state index contributed by atoms with van der Waals surface area (Å²) in [5.74, 6) is -4.55. The van der Waals surface area contributed by atoms with Crippen molar-refractivity contribution >= 4 is 21.4 Å². The second kappa shape index (κ2) is 6.94. The number of ether oxygens (including phenoxy) is 2. The number of halogens is 2. The lowest BCUT2D eigenvalue weighted by molar-refractivity contribution is -0.184. The van der Waals surface area contributed by atoms with E-state index >= 15 is 0 Å². The third-order valence-electron chi connectivity index (χ3n) is 5.32. The zero-order valence-corrected chi connectivity index (χ0v) is 16.7. The first kappa shape index (κ1) is 19.8. The summed E-state index contributed by atoms with van der Waals surface area (Å²) in [5, 5.41) is 2.62. The SMILES string of the molecule is O=C1Nc2ccc(S(=O)(=O)c3ccccc3)cc2[C@]12OCC(c1ccc(F)c(F)c1)O2. The Morgan fingerprint density at radius 3 is 2.45 bits per heavy atom. The second-order valence-corrected chi connectivity index (χ2v) is 9.14. The van der Waals surface area contributed by atoms with E-state index in [0.717, 1.165) is 12.1 Å². The van der Waals surface area contributed by atoms with Gasteiger partial charge in [-0.2, -0.15) is 0 Å². The quantitative estimate of drug-likeness (QED) is 0.668. The molecule has 1 fully saturated rings. The molecule has 6 nitrogen and oxygen atoms in total. The Balaban J connectivity index is 1.54. The van der Waals surface area contributed by atoms with Gasteiger partial charge in [0.2, 0.25) is 9.84 Å². The Morgan fingerprint density at radius 1 is 0.935 bits per heavy atom. The van der Waals surface area contributed by atoms with Crippen molar-refractivity contribution in [2.45, 2.75) is 21.7 Å². The van der Waals surface area contributed by atoms with Crippen molar-refractivity contribution in [3.63, 3.8) is 0 Å². The van der Waals surface area contributed by atoms with Gasteiger partial charge in [-0.1, -0.05) is 24.3 Å². The van der Waals surface area contributed by atoms with Crippen LogP contribution in [-0.4, -0.2) is 20.9 Å². The first-order chi connectivity index (χ1) is 14.8. The summed E-state index contributed by atoms with van der Waals surface area (Å²) in [5.41, 5.74) is 0.854. The van der Waals surface area contributed by atoms with E-state index in [1.807, 2.05) is 0 Å². The molecule has 1 amide bonds. The van der Waals surface area contributed by atoms with E-state index in [0.29, 0.717) is 11.3 Å². The average molecular weight is 443 g/mol. The van der Waals surface area contributed by atoms with Crippen molar-refractivity contribution in [3.8, 4) is 0 Å². The van der Waals surface area contributed by atoms with Crippen molar-refractivity contribution in [3.05, 3.63) is 89.5 Å². The summed E-state index contributed by atoms with van der Waals surface area (Å²) < 4.78 is 64.5. The van der Waals surface area contributed by atoms with E-state index in [4.69, 9.17) is 9.47 Å². The third kappa shape index (κ3) is 3.04. The Labute approximate surface area is 176 Å². The molecule has 0 saturated carbocycles. The summed E-state index contributed by atoms with van der Waals surface area (Å²) in [6.45, 7) is -0.104. The summed E-state index contributed by atoms with van der Waals surface area (Å²) in [6.07, 6.45) is -0.846. The van der Waals surface area contributed by atoms with Crippen LogP contribution in [0.4, 0.5) is 14.5 Å². The minimum absolute atomic E-state index is 0.0307. The summed E-state index contributed by atoms with van der Waals surface area (Å²) in [6, 6.07) is 15.4. The molecule has 5 rings (SSSR count). The molecule has 1 spiro atoms. The van der Waals surface area contributed by atoms with Gasteiger partial charge in [-0.05, 0) is 48.0 Å². The molecule has 31 heavy (non-hydrogen) atoms. The highest BCUT2D eigenvalue weighted by Crippen LogP contribution is 2.48. The minimum atomic E-state index is -3.84. The molecule has 1 saturated heterocycles. The number of nitrogens with one attached hydrogen (secondary N) is 1.